The van der Waals surface area contributed by atoms with Crippen molar-refractivity contribution in [2.45, 2.75) is 32.4 Å². The predicted octanol–water partition coefficient (Wildman–Crippen LogP) is -0.105. The van der Waals surface area contributed by atoms with Gasteiger partial charge in [0.15, 0.2) is 5.82 Å². The number of hydrogen-bond acceptors (Lipinski definition) is 5. The molecule has 0 amide bonds. The lowest BCUT2D eigenvalue weighted by atomic mass is 9.91. The molecular formula is C10H17N5O2. The molecule has 94 valence electrons. The molecule has 2 rings (SSSR count). The molecule has 7 nitrogen and oxygen atoms in total. The number of aryl methyl sites for hydroxylation is 1. The third-order valence-electron chi connectivity index (χ3n) is 3.18. The summed E-state index contributed by atoms with van der Waals surface area (Å²) in [6.07, 6.45) is 1.98. The molecule has 1 aliphatic heterocycles. The molecule has 1 N–H and O–H groups in total. The highest BCUT2D eigenvalue weighted by Crippen LogP contribution is 2.24. The molecule has 7 heteroatoms. The minimum atomic E-state index is -0.763. The topological polar surface area (TPSA) is 84.1 Å². The molecule has 2 heterocycles. The van der Waals surface area contributed by atoms with Gasteiger partial charge in [0.05, 0.1) is 13.6 Å². The Bertz CT molecular complexity index is 405. The van der Waals surface area contributed by atoms with Crippen molar-refractivity contribution in [1.29, 1.82) is 0 Å². The number of carbonyl (C=O) groups is 1. The van der Waals surface area contributed by atoms with E-state index in [1.54, 1.807) is 7.05 Å². The summed E-state index contributed by atoms with van der Waals surface area (Å²) in [5.41, 5.74) is 0. The number of rotatable bonds is 3. The first-order chi connectivity index (χ1) is 8.08. The number of carboxylic acids is 1. The van der Waals surface area contributed by atoms with Crippen LogP contribution in [0.2, 0.25) is 0 Å². The molecule has 1 fully saturated rings. The Morgan fingerprint density at radius 2 is 2.35 bits per heavy atom. The molecule has 2 atom stereocenters. The van der Waals surface area contributed by atoms with E-state index in [1.165, 1.54) is 4.80 Å². The van der Waals surface area contributed by atoms with E-state index in [4.69, 9.17) is 0 Å². The van der Waals surface area contributed by atoms with Crippen LogP contribution in [0.15, 0.2) is 0 Å². The Morgan fingerprint density at radius 1 is 1.59 bits per heavy atom. The van der Waals surface area contributed by atoms with Gasteiger partial charge in [0.2, 0.25) is 0 Å². The van der Waals surface area contributed by atoms with Gasteiger partial charge in [-0.25, -0.2) is 0 Å². The van der Waals surface area contributed by atoms with Crippen LogP contribution in [0.1, 0.15) is 25.6 Å². The average Bonchev–Trinajstić information content (AvgIpc) is 2.63. The number of tetrazole rings is 1. The van der Waals surface area contributed by atoms with Crippen molar-refractivity contribution >= 4 is 5.97 Å². The Balaban J connectivity index is 2.09. The van der Waals surface area contributed by atoms with E-state index >= 15 is 0 Å². The second-order valence-electron chi connectivity index (χ2n) is 4.57. The minimum Gasteiger partial charge on any atom is -0.480 e. The summed E-state index contributed by atoms with van der Waals surface area (Å²) in [4.78, 5) is 14.6. The molecule has 1 aliphatic rings. The van der Waals surface area contributed by atoms with Crippen LogP contribution in [0.4, 0.5) is 0 Å². The van der Waals surface area contributed by atoms with Crippen molar-refractivity contribution in [2.75, 3.05) is 6.54 Å². The van der Waals surface area contributed by atoms with Crippen LogP contribution in [0.5, 0.6) is 0 Å². The van der Waals surface area contributed by atoms with Gasteiger partial charge in [-0.1, -0.05) is 6.92 Å². The lowest BCUT2D eigenvalue weighted by Gasteiger charge is -2.36. The minimum absolute atomic E-state index is 0.165. The van der Waals surface area contributed by atoms with Crippen LogP contribution in [0, 0.1) is 5.92 Å². The third kappa shape index (κ3) is 2.60. The van der Waals surface area contributed by atoms with E-state index in [2.05, 4.69) is 15.4 Å². The highest BCUT2D eigenvalue weighted by atomic mass is 16.4. The molecule has 0 bridgehead atoms. The predicted molar refractivity (Wildman–Crippen MR) is 59.0 cm³/mol. The van der Waals surface area contributed by atoms with Gasteiger partial charge in [-0.3, -0.25) is 9.69 Å². The normalized spacial score (nSPS) is 26.0. The summed E-state index contributed by atoms with van der Waals surface area (Å²) in [7, 11) is 1.70. The fourth-order valence-corrected chi connectivity index (χ4v) is 2.42. The molecule has 0 saturated carbocycles. The Labute approximate surface area is 99.4 Å². The molecule has 1 saturated heterocycles. The smallest absolute Gasteiger partial charge is 0.321 e. The maximum Gasteiger partial charge on any atom is 0.321 e. The Kier molecular flexibility index (Phi) is 3.37. The zero-order valence-electron chi connectivity index (χ0n) is 10.1. The van der Waals surface area contributed by atoms with E-state index in [0.29, 0.717) is 12.4 Å². The molecule has 1 aromatic heterocycles. The molecule has 0 aromatic carbocycles. The molecule has 2 unspecified atom stereocenters. The Morgan fingerprint density at radius 3 is 2.94 bits per heavy atom. The maximum atomic E-state index is 11.3. The number of nitrogens with zero attached hydrogens (tertiary/aromatic N) is 5. The van der Waals surface area contributed by atoms with Gasteiger partial charge in [-0.15, -0.1) is 10.2 Å². The summed E-state index contributed by atoms with van der Waals surface area (Å²) >= 11 is 0. The van der Waals surface area contributed by atoms with Gasteiger partial charge in [0.1, 0.15) is 6.04 Å². The van der Waals surface area contributed by atoms with Crippen molar-refractivity contribution < 1.29 is 9.90 Å². The van der Waals surface area contributed by atoms with Gasteiger partial charge >= 0.3 is 5.97 Å². The summed E-state index contributed by atoms with van der Waals surface area (Å²) in [5, 5.41) is 21.0. The van der Waals surface area contributed by atoms with Crippen molar-refractivity contribution in [2.24, 2.45) is 13.0 Å². The summed E-state index contributed by atoms with van der Waals surface area (Å²) in [6.45, 7) is 3.21. The van der Waals surface area contributed by atoms with Crippen molar-refractivity contribution in [1.82, 2.24) is 25.1 Å². The molecule has 1 aromatic rings. The monoisotopic (exact) mass is 239 g/mol. The summed E-state index contributed by atoms with van der Waals surface area (Å²) < 4.78 is 0. The molecule has 0 radical (unpaired) electrons. The molecular weight excluding hydrogens is 222 g/mol. The molecule has 17 heavy (non-hydrogen) atoms. The highest BCUT2D eigenvalue weighted by molar-refractivity contribution is 5.74. The second-order valence-corrected chi connectivity index (χ2v) is 4.57. The van der Waals surface area contributed by atoms with Crippen molar-refractivity contribution in [3.05, 3.63) is 5.82 Å². The SMILES string of the molecule is CC1CCCN(Cc2nnn(C)n2)C1C(=O)O. The van der Waals surface area contributed by atoms with Crippen molar-refractivity contribution in [3.8, 4) is 0 Å². The van der Waals surface area contributed by atoms with Crippen molar-refractivity contribution in [3.63, 3.8) is 0 Å². The summed E-state index contributed by atoms with van der Waals surface area (Å²) in [5.74, 6) is -0.0214. The first kappa shape index (κ1) is 12.0. The third-order valence-corrected chi connectivity index (χ3v) is 3.18. The van der Waals surface area contributed by atoms with Gasteiger partial charge in [0, 0.05) is 0 Å². The number of aromatic nitrogens is 4. The quantitative estimate of drug-likeness (QED) is 0.792. The largest absolute Gasteiger partial charge is 0.480 e. The number of piperidine rings is 1. The Hall–Kier alpha value is -1.50. The lowest BCUT2D eigenvalue weighted by molar-refractivity contribution is -0.147. The number of aliphatic carboxylic acids is 1. The van der Waals surface area contributed by atoms with Crippen LogP contribution in [0.3, 0.4) is 0 Å². The van der Waals surface area contributed by atoms with Crippen LogP contribution >= 0.6 is 0 Å². The zero-order valence-corrected chi connectivity index (χ0v) is 10.1. The number of likely N-dealkylation sites (tertiary alicyclic amines) is 1. The standard InChI is InChI=1S/C10H17N5O2/c1-7-4-3-5-15(9(7)10(16)17)6-8-11-13-14(2)12-8/h7,9H,3-6H2,1-2H3,(H,16,17). The van der Waals surface area contributed by atoms with Gasteiger partial charge in [0.25, 0.3) is 0 Å². The van der Waals surface area contributed by atoms with E-state index in [9.17, 15) is 9.90 Å². The van der Waals surface area contributed by atoms with E-state index < -0.39 is 12.0 Å². The zero-order chi connectivity index (χ0) is 12.4. The number of hydrogen-bond donors (Lipinski definition) is 1. The second kappa shape index (κ2) is 4.79. The highest BCUT2D eigenvalue weighted by Gasteiger charge is 2.34. The average molecular weight is 239 g/mol. The van der Waals surface area contributed by atoms with Crippen LogP contribution < -0.4 is 0 Å². The van der Waals surface area contributed by atoms with E-state index in [0.717, 1.165) is 19.4 Å². The van der Waals surface area contributed by atoms with Crippen LogP contribution in [0.25, 0.3) is 0 Å². The lowest BCUT2D eigenvalue weighted by Crippen LogP contribution is -2.48. The maximum absolute atomic E-state index is 11.3. The molecule has 0 aliphatic carbocycles. The summed E-state index contributed by atoms with van der Waals surface area (Å²) in [6, 6.07) is -0.437. The van der Waals surface area contributed by atoms with Crippen LogP contribution in [-0.4, -0.2) is 48.8 Å². The van der Waals surface area contributed by atoms with Crippen LogP contribution in [-0.2, 0) is 18.4 Å². The fourth-order valence-electron chi connectivity index (χ4n) is 2.42. The van der Waals surface area contributed by atoms with Gasteiger partial charge in [-0.2, -0.15) is 4.80 Å². The van der Waals surface area contributed by atoms with Gasteiger partial charge in [-0.05, 0) is 30.5 Å². The van der Waals surface area contributed by atoms with E-state index in [-0.39, 0.29) is 5.92 Å². The van der Waals surface area contributed by atoms with E-state index in [1.807, 2.05) is 11.8 Å². The fraction of sp³-hybridized carbons (Fsp3) is 0.800. The van der Waals surface area contributed by atoms with Gasteiger partial charge < -0.3 is 5.11 Å². The molecule has 0 spiro atoms. The number of carboxylic acid groups (broad SMARTS) is 1. The first-order valence-corrected chi connectivity index (χ1v) is 5.77. The first-order valence-electron chi connectivity index (χ1n) is 5.77.